The molecule has 0 fully saturated rings. The molecule has 4 nitrogen and oxygen atoms in total. The van der Waals surface area contributed by atoms with Crippen LogP contribution in [0.3, 0.4) is 0 Å². The Balaban J connectivity index is 2.20. The molecular weight excluding hydrogens is 228 g/mol. The van der Waals surface area contributed by atoms with Crippen LogP contribution in [0.4, 0.5) is 5.69 Å². The van der Waals surface area contributed by atoms with E-state index in [9.17, 15) is 4.79 Å². The van der Waals surface area contributed by atoms with Gasteiger partial charge in [0.25, 0.3) is 0 Å². The van der Waals surface area contributed by atoms with Crippen molar-refractivity contribution in [3.05, 3.63) is 42.2 Å². The second-order valence-electron chi connectivity index (χ2n) is 4.04. The third-order valence-electron chi connectivity index (χ3n) is 2.95. The molecule has 0 radical (unpaired) electrons. The van der Waals surface area contributed by atoms with Gasteiger partial charge in [0.1, 0.15) is 12.4 Å². The van der Waals surface area contributed by atoms with Crippen LogP contribution in [0.15, 0.2) is 36.7 Å². The average molecular weight is 240 g/mol. The molecule has 1 N–H and O–H groups in total. The number of carbonyl (C=O) groups is 1. The molecule has 18 heavy (non-hydrogen) atoms. The van der Waals surface area contributed by atoms with Crippen molar-refractivity contribution in [3.63, 3.8) is 0 Å². The van der Waals surface area contributed by atoms with E-state index in [1.807, 2.05) is 18.2 Å². The highest BCUT2D eigenvalue weighted by atomic mass is 16.5. The number of hydrogen-bond acceptors (Lipinski definition) is 4. The summed E-state index contributed by atoms with van der Waals surface area (Å²) in [6.45, 7) is 1.42. The predicted molar refractivity (Wildman–Crippen MR) is 69.0 cm³/mol. The Hall–Kier alpha value is -2.36. The molecule has 0 atom stereocenters. The minimum absolute atomic E-state index is 0.618. The molecular formula is C14H12N2O2. The summed E-state index contributed by atoms with van der Waals surface area (Å²) in [7, 11) is 0. The van der Waals surface area contributed by atoms with Gasteiger partial charge >= 0.3 is 0 Å². The second kappa shape index (κ2) is 4.49. The lowest BCUT2D eigenvalue weighted by molar-refractivity contribution is 0.112. The molecule has 0 saturated heterocycles. The van der Waals surface area contributed by atoms with E-state index < -0.39 is 0 Å². The number of pyridine rings is 1. The Morgan fingerprint density at radius 1 is 1.28 bits per heavy atom. The van der Waals surface area contributed by atoms with Gasteiger partial charge in [-0.25, -0.2) is 0 Å². The zero-order valence-electron chi connectivity index (χ0n) is 9.72. The quantitative estimate of drug-likeness (QED) is 0.819. The van der Waals surface area contributed by atoms with Crippen LogP contribution in [-0.4, -0.2) is 24.4 Å². The van der Waals surface area contributed by atoms with Crippen LogP contribution in [0.2, 0.25) is 0 Å². The Kier molecular flexibility index (Phi) is 2.68. The minimum Gasteiger partial charge on any atom is -0.489 e. The van der Waals surface area contributed by atoms with Crippen molar-refractivity contribution in [3.8, 4) is 16.9 Å². The van der Waals surface area contributed by atoms with Crippen molar-refractivity contribution >= 4 is 12.0 Å². The smallest absolute Gasteiger partial charge is 0.150 e. The standard InChI is InChI=1S/C14H12N2O2/c17-9-10-4-5-15-8-12(10)11-2-1-3-13-14(11)18-7-6-16-13/h1-5,8-9,16H,6-7H2. The molecule has 1 aliphatic rings. The lowest BCUT2D eigenvalue weighted by Crippen LogP contribution is -2.18. The van der Waals surface area contributed by atoms with Crippen LogP contribution in [-0.2, 0) is 0 Å². The molecule has 0 saturated carbocycles. The van der Waals surface area contributed by atoms with Gasteiger partial charge in [-0.15, -0.1) is 0 Å². The fourth-order valence-corrected chi connectivity index (χ4v) is 2.12. The highest BCUT2D eigenvalue weighted by Gasteiger charge is 2.16. The number of carbonyl (C=O) groups excluding carboxylic acids is 1. The molecule has 1 aromatic carbocycles. The summed E-state index contributed by atoms with van der Waals surface area (Å²) in [6, 6.07) is 7.56. The zero-order valence-corrected chi connectivity index (χ0v) is 9.72. The van der Waals surface area contributed by atoms with Crippen molar-refractivity contribution in [2.24, 2.45) is 0 Å². The molecule has 3 rings (SSSR count). The van der Waals surface area contributed by atoms with Gasteiger partial charge in [0.05, 0.1) is 5.69 Å². The zero-order chi connectivity index (χ0) is 12.4. The monoisotopic (exact) mass is 240 g/mol. The molecule has 0 spiro atoms. The molecule has 0 amide bonds. The van der Waals surface area contributed by atoms with Crippen molar-refractivity contribution in [1.82, 2.24) is 4.98 Å². The van der Waals surface area contributed by atoms with E-state index in [0.29, 0.717) is 12.2 Å². The second-order valence-corrected chi connectivity index (χ2v) is 4.04. The van der Waals surface area contributed by atoms with E-state index in [-0.39, 0.29) is 0 Å². The van der Waals surface area contributed by atoms with E-state index in [1.54, 1.807) is 18.5 Å². The Labute approximate surface area is 105 Å². The fourth-order valence-electron chi connectivity index (χ4n) is 2.12. The van der Waals surface area contributed by atoms with E-state index in [2.05, 4.69) is 10.3 Å². The molecule has 90 valence electrons. The number of benzene rings is 1. The van der Waals surface area contributed by atoms with Gasteiger partial charge in [0.15, 0.2) is 6.29 Å². The number of nitrogens with one attached hydrogen (secondary N) is 1. The van der Waals surface area contributed by atoms with Gasteiger partial charge in [-0.05, 0) is 12.1 Å². The lowest BCUT2D eigenvalue weighted by atomic mass is 10.0. The van der Waals surface area contributed by atoms with Crippen LogP contribution in [0.5, 0.6) is 5.75 Å². The number of para-hydroxylation sites is 1. The summed E-state index contributed by atoms with van der Waals surface area (Å²) < 4.78 is 5.70. The molecule has 2 aromatic rings. The summed E-state index contributed by atoms with van der Waals surface area (Å²) in [5.74, 6) is 0.792. The first-order chi connectivity index (χ1) is 8.90. The topological polar surface area (TPSA) is 51.2 Å². The number of rotatable bonds is 2. The first-order valence-corrected chi connectivity index (χ1v) is 5.79. The van der Waals surface area contributed by atoms with Gasteiger partial charge in [0.2, 0.25) is 0 Å². The summed E-state index contributed by atoms with van der Waals surface area (Å²) in [4.78, 5) is 15.2. The van der Waals surface area contributed by atoms with Gasteiger partial charge in [0, 0.05) is 35.6 Å². The number of fused-ring (bicyclic) bond motifs is 1. The Morgan fingerprint density at radius 2 is 2.22 bits per heavy atom. The molecule has 2 heterocycles. The molecule has 0 unspecified atom stereocenters. The van der Waals surface area contributed by atoms with E-state index in [4.69, 9.17) is 4.74 Å². The van der Waals surface area contributed by atoms with E-state index in [1.165, 1.54) is 0 Å². The highest BCUT2D eigenvalue weighted by Crippen LogP contribution is 2.38. The lowest BCUT2D eigenvalue weighted by Gasteiger charge is -2.22. The van der Waals surface area contributed by atoms with E-state index >= 15 is 0 Å². The number of aldehydes is 1. The van der Waals surface area contributed by atoms with Gasteiger partial charge < -0.3 is 10.1 Å². The fraction of sp³-hybridized carbons (Fsp3) is 0.143. The number of hydrogen-bond donors (Lipinski definition) is 1. The van der Waals surface area contributed by atoms with Crippen molar-refractivity contribution < 1.29 is 9.53 Å². The average Bonchev–Trinajstić information content (AvgIpc) is 2.46. The van der Waals surface area contributed by atoms with Crippen LogP contribution < -0.4 is 10.1 Å². The molecule has 4 heteroatoms. The largest absolute Gasteiger partial charge is 0.489 e. The van der Waals surface area contributed by atoms with Crippen LogP contribution >= 0.6 is 0 Å². The Bertz CT molecular complexity index is 596. The summed E-state index contributed by atoms with van der Waals surface area (Å²) >= 11 is 0. The Morgan fingerprint density at radius 3 is 3.11 bits per heavy atom. The molecule has 0 bridgehead atoms. The van der Waals surface area contributed by atoms with Crippen LogP contribution in [0.25, 0.3) is 11.1 Å². The van der Waals surface area contributed by atoms with Crippen LogP contribution in [0.1, 0.15) is 10.4 Å². The highest BCUT2D eigenvalue weighted by molar-refractivity contribution is 5.90. The third-order valence-corrected chi connectivity index (χ3v) is 2.95. The normalized spacial score (nSPS) is 13.1. The van der Waals surface area contributed by atoms with Crippen molar-refractivity contribution in [2.75, 3.05) is 18.5 Å². The number of anilines is 1. The maximum absolute atomic E-state index is 11.1. The third kappa shape index (κ3) is 1.72. The van der Waals surface area contributed by atoms with Crippen LogP contribution in [0, 0.1) is 0 Å². The van der Waals surface area contributed by atoms with Gasteiger partial charge in [-0.1, -0.05) is 12.1 Å². The number of aromatic nitrogens is 1. The van der Waals surface area contributed by atoms with E-state index in [0.717, 1.165) is 35.4 Å². The van der Waals surface area contributed by atoms with Crippen molar-refractivity contribution in [1.29, 1.82) is 0 Å². The molecule has 1 aromatic heterocycles. The number of nitrogens with zero attached hydrogens (tertiary/aromatic N) is 1. The molecule has 0 aliphatic carbocycles. The summed E-state index contributed by atoms with van der Waals surface area (Å²) in [5.41, 5.74) is 3.27. The SMILES string of the molecule is O=Cc1ccncc1-c1cccc2c1OCCN2. The minimum atomic E-state index is 0.618. The summed E-state index contributed by atoms with van der Waals surface area (Å²) in [6.07, 6.45) is 4.14. The maximum Gasteiger partial charge on any atom is 0.150 e. The number of ether oxygens (including phenoxy) is 1. The first kappa shape index (κ1) is 10.8. The first-order valence-electron chi connectivity index (χ1n) is 5.79. The predicted octanol–water partition coefficient (Wildman–Crippen LogP) is 2.37. The van der Waals surface area contributed by atoms with Crippen molar-refractivity contribution in [2.45, 2.75) is 0 Å². The van der Waals surface area contributed by atoms with Gasteiger partial charge in [-0.3, -0.25) is 9.78 Å². The molecule has 1 aliphatic heterocycles. The van der Waals surface area contributed by atoms with Gasteiger partial charge in [-0.2, -0.15) is 0 Å². The summed E-state index contributed by atoms with van der Waals surface area (Å²) in [5, 5.41) is 3.28. The maximum atomic E-state index is 11.1.